The van der Waals surface area contributed by atoms with Crippen molar-refractivity contribution in [1.29, 1.82) is 0 Å². The Kier molecular flexibility index (Phi) is 3.97. The number of nitrogens with zero attached hydrogens (tertiary/aromatic N) is 1. The van der Waals surface area contributed by atoms with E-state index in [1.165, 1.54) is 34.3 Å². The van der Waals surface area contributed by atoms with Crippen molar-refractivity contribution in [1.82, 2.24) is 0 Å². The lowest BCUT2D eigenvalue weighted by Crippen LogP contribution is -2.32. The zero-order chi connectivity index (χ0) is 21.2. The van der Waals surface area contributed by atoms with Crippen LogP contribution in [0.1, 0.15) is 34.0 Å². The van der Waals surface area contributed by atoms with E-state index < -0.39 is 11.6 Å². The van der Waals surface area contributed by atoms with E-state index in [-0.39, 0.29) is 17.4 Å². The van der Waals surface area contributed by atoms with Gasteiger partial charge in [-0.3, -0.25) is 7.91 Å². The minimum atomic E-state index is -1.30. The molecule has 0 saturated heterocycles. The number of anilines is 1. The van der Waals surface area contributed by atoms with Crippen molar-refractivity contribution in [2.45, 2.75) is 12.5 Å². The van der Waals surface area contributed by atoms with Gasteiger partial charge in [0.1, 0.15) is 23.0 Å². The van der Waals surface area contributed by atoms with Crippen LogP contribution in [0.3, 0.4) is 0 Å². The Morgan fingerprint density at radius 3 is 2.07 bits per heavy atom. The standard InChI is InChI=1S/C22H14INO6/c1-11(25)24(23)12-2-5-16-15(8-12)21(28)30-22(16)17-6-3-13(26)9-19(17)29-20-10-14(27)4-7-18(20)22/h2-10,26-27H,1H3. The lowest BCUT2D eigenvalue weighted by molar-refractivity contribution is -0.115. The third-order valence-electron chi connectivity index (χ3n) is 5.26. The first-order valence-electron chi connectivity index (χ1n) is 9.00. The van der Waals surface area contributed by atoms with Gasteiger partial charge in [0, 0.05) is 35.7 Å². The Morgan fingerprint density at radius 1 is 0.933 bits per heavy atom. The molecule has 150 valence electrons. The van der Waals surface area contributed by atoms with Gasteiger partial charge in [0.05, 0.1) is 34.1 Å². The fraction of sp³-hybridized carbons (Fsp3) is 0.0909. The highest BCUT2D eigenvalue weighted by atomic mass is 127. The molecular weight excluding hydrogens is 501 g/mol. The third-order valence-corrected chi connectivity index (χ3v) is 6.50. The summed E-state index contributed by atoms with van der Waals surface area (Å²) < 4.78 is 13.3. The minimum absolute atomic E-state index is 0.00518. The molecule has 0 atom stereocenters. The molecule has 8 heteroatoms. The summed E-state index contributed by atoms with van der Waals surface area (Å²) in [6, 6.07) is 14.3. The molecule has 1 amide bonds. The van der Waals surface area contributed by atoms with E-state index in [1.807, 2.05) is 22.9 Å². The number of halogens is 1. The lowest BCUT2D eigenvalue weighted by Gasteiger charge is -2.36. The monoisotopic (exact) mass is 515 g/mol. The number of hydrogen-bond donors (Lipinski definition) is 2. The molecule has 0 unspecified atom stereocenters. The molecule has 5 rings (SSSR count). The predicted octanol–water partition coefficient (Wildman–Crippen LogP) is 4.37. The van der Waals surface area contributed by atoms with Crippen LogP contribution in [0.25, 0.3) is 0 Å². The van der Waals surface area contributed by atoms with E-state index >= 15 is 0 Å². The summed E-state index contributed by atoms with van der Waals surface area (Å²) in [5, 5.41) is 19.9. The second-order valence-electron chi connectivity index (χ2n) is 7.06. The number of benzene rings is 3. The molecule has 0 bridgehead atoms. The maximum absolute atomic E-state index is 13.0. The molecule has 7 nitrogen and oxygen atoms in total. The minimum Gasteiger partial charge on any atom is -0.508 e. The summed E-state index contributed by atoms with van der Waals surface area (Å²) in [5.74, 6) is -0.0949. The van der Waals surface area contributed by atoms with Crippen LogP contribution < -0.4 is 7.85 Å². The second-order valence-corrected chi connectivity index (χ2v) is 8.03. The SMILES string of the molecule is CC(=O)N(I)c1ccc2c(c1)C(=O)OC21c2ccc(O)cc2Oc2cc(O)ccc21. The first-order chi connectivity index (χ1) is 14.3. The average molecular weight is 515 g/mol. The first kappa shape index (κ1) is 18.7. The van der Waals surface area contributed by atoms with E-state index in [0.29, 0.717) is 39.4 Å². The number of carbonyl (C=O) groups excluding carboxylic acids is 2. The maximum Gasteiger partial charge on any atom is 0.340 e. The van der Waals surface area contributed by atoms with Crippen LogP contribution in [0.4, 0.5) is 5.69 Å². The zero-order valence-electron chi connectivity index (χ0n) is 15.5. The highest BCUT2D eigenvalue weighted by Crippen LogP contribution is 2.57. The fourth-order valence-corrected chi connectivity index (χ4v) is 4.30. The van der Waals surface area contributed by atoms with Gasteiger partial charge in [-0.2, -0.15) is 0 Å². The molecule has 2 aliphatic rings. The molecule has 1 spiro atoms. The van der Waals surface area contributed by atoms with Crippen LogP contribution in [-0.4, -0.2) is 22.1 Å². The van der Waals surface area contributed by atoms with Gasteiger partial charge in [-0.15, -0.1) is 0 Å². The van der Waals surface area contributed by atoms with Crippen LogP contribution >= 0.6 is 22.9 Å². The summed E-state index contributed by atoms with van der Waals surface area (Å²) in [5.41, 5.74) is 1.27. The molecule has 3 aromatic rings. The average Bonchev–Trinajstić information content (AvgIpc) is 2.99. The Labute approximate surface area is 185 Å². The summed E-state index contributed by atoms with van der Waals surface area (Å²) in [6.45, 7) is 1.43. The largest absolute Gasteiger partial charge is 0.508 e. The van der Waals surface area contributed by atoms with Crippen molar-refractivity contribution >= 4 is 40.4 Å². The van der Waals surface area contributed by atoms with Crippen molar-refractivity contribution < 1.29 is 29.3 Å². The molecule has 0 radical (unpaired) electrons. The van der Waals surface area contributed by atoms with Crippen molar-refractivity contribution in [3.8, 4) is 23.0 Å². The first-order valence-corrected chi connectivity index (χ1v) is 9.97. The highest BCUT2D eigenvalue weighted by Gasteiger charge is 2.53. The zero-order valence-corrected chi connectivity index (χ0v) is 17.7. The normalized spacial score (nSPS) is 14.9. The molecule has 30 heavy (non-hydrogen) atoms. The molecule has 0 saturated carbocycles. The molecule has 2 N–H and O–H groups in total. The van der Waals surface area contributed by atoms with E-state index in [2.05, 4.69) is 0 Å². The highest BCUT2D eigenvalue weighted by molar-refractivity contribution is 14.1. The summed E-state index contributed by atoms with van der Waals surface area (Å²) >= 11 is 1.88. The second kappa shape index (κ2) is 6.36. The van der Waals surface area contributed by atoms with Crippen LogP contribution in [0, 0.1) is 0 Å². The molecule has 2 aliphatic heterocycles. The van der Waals surface area contributed by atoms with Gasteiger partial charge in [0.2, 0.25) is 5.91 Å². The van der Waals surface area contributed by atoms with Gasteiger partial charge in [0.15, 0.2) is 5.60 Å². The van der Waals surface area contributed by atoms with E-state index in [4.69, 9.17) is 9.47 Å². The molecule has 0 aromatic heterocycles. The molecule has 0 aliphatic carbocycles. The van der Waals surface area contributed by atoms with Crippen molar-refractivity contribution in [3.63, 3.8) is 0 Å². The Morgan fingerprint density at radius 2 is 1.50 bits per heavy atom. The van der Waals surface area contributed by atoms with Gasteiger partial charge in [-0.25, -0.2) is 4.79 Å². The van der Waals surface area contributed by atoms with Gasteiger partial charge in [0.25, 0.3) is 0 Å². The van der Waals surface area contributed by atoms with Crippen LogP contribution in [-0.2, 0) is 15.1 Å². The predicted molar refractivity (Wildman–Crippen MR) is 115 cm³/mol. The summed E-state index contributed by atoms with van der Waals surface area (Å²) in [4.78, 5) is 24.7. The van der Waals surface area contributed by atoms with Crippen molar-refractivity contribution in [2.75, 3.05) is 3.11 Å². The fourth-order valence-electron chi connectivity index (χ4n) is 4.00. The summed E-state index contributed by atoms with van der Waals surface area (Å²) in [7, 11) is 0. The van der Waals surface area contributed by atoms with Gasteiger partial charge >= 0.3 is 5.97 Å². The van der Waals surface area contributed by atoms with Crippen LogP contribution in [0.15, 0.2) is 54.6 Å². The van der Waals surface area contributed by atoms with E-state index in [0.717, 1.165) is 0 Å². The number of ether oxygens (including phenoxy) is 2. The van der Waals surface area contributed by atoms with Gasteiger partial charge in [-0.05, 0) is 36.4 Å². The third kappa shape index (κ3) is 2.49. The number of rotatable bonds is 1. The summed E-state index contributed by atoms with van der Waals surface area (Å²) in [6.07, 6.45) is 0. The molecule has 2 heterocycles. The van der Waals surface area contributed by atoms with Gasteiger partial charge < -0.3 is 19.7 Å². The molecular formula is C22H14INO6. The van der Waals surface area contributed by atoms with Crippen molar-refractivity contribution in [3.05, 3.63) is 76.9 Å². The number of carbonyl (C=O) groups is 2. The quantitative estimate of drug-likeness (QED) is 0.284. The van der Waals surface area contributed by atoms with E-state index in [9.17, 15) is 19.8 Å². The maximum atomic E-state index is 13.0. The number of hydrogen-bond acceptors (Lipinski definition) is 6. The number of fused-ring (bicyclic) bond motifs is 6. The number of phenols is 2. The number of amides is 1. The number of esters is 1. The smallest absolute Gasteiger partial charge is 0.340 e. The Bertz CT molecular complexity index is 1200. The van der Waals surface area contributed by atoms with Crippen molar-refractivity contribution in [2.24, 2.45) is 0 Å². The number of aromatic hydroxyl groups is 2. The van der Waals surface area contributed by atoms with Crippen LogP contribution in [0.5, 0.6) is 23.0 Å². The Balaban J connectivity index is 1.81. The Hall–Kier alpha value is -3.27. The van der Waals surface area contributed by atoms with E-state index in [1.54, 1.807) is 30.3 Å². The molecule has 0 fully saturated rings. The molecule has 3 aromatic carbocycles. The number of phenolic OH excluding ortho intramolecular Hbond substituents is 2. The van der Waals surface area contributed by atoms with Crippen LogP contribution in [0.2, 0.25) is 0 Å². The van der Waals surface area contributed by atoms with Gasteiger partial charge in [-0.1, -0.05) is 6.07 Å². The topological polar surface area (TPSA) is 96.3 Å². The lowest BCUT2D eigenvalue weighted by atomic mass is 9.77.